The number of piperazine rings is 1. The third kappa shape index (κ3) is 3.93. The Labute approximate surface area is 116 Å². The molecule has 2 atom stereocenters. The first-order chi connectivity index (χ1) is 9.06. The van der Waals surface area contributed by atoms with E-state index in [-0.39, 0.29) is 0 Å². The van der Waals surface area contributed by atoms with E-state index in [1.165, 1.54) is 5.56 Å². The van der Waals surface area contributed by atoms with Crippen molar-refractivity contribution in [3.63, 3.8) is 0 Å². The molecule has 1 aliphatic rings. The Hall–Kier alpha value is -1.10. The second kappa shape index (κ2) is 6.37. The molecule has 0 radical (unpaired) electrons. The van der Waals surface area contributed by atoms with E-state index < -0.39 is 0 Å². The van der Waals surface area contributed by atoms with Crippen molar-refractivity contribution >= 4 is 0 Å². The van der Waals surface area contributed by atoms with E-state index in [4.69, 9.17) is 0 Å². The minimum atomic E-state index is 0.307. The highest BCUT2D eigenvalue weighted by molar-refractivity contribution is 5.27. The molecule has 0 aliphatic carbocycles. The number of rotatable bonds is 4. The van der Waals surface area contributed by atoms with Crippen molar-refractivity contribution in [1.29, 1.82) is 0 Å². The van der Waals surface area contributed by atoms with Crippen LogP contribution in [0.5, 0.6) is 5.75 Å². The number of phenolic OH excluding ortho intramolecular Hbond substituents is 1. The molecule has 4 heteroatoms. The summed E-state index contributed by atoms with van der Waals surface area (Å²) in [6.07, 6.45) is 0. The molecule has 1 aromatic carbocycles. The molecule has 0 amide bonds. The Morgan fingerprint density at radius 3 is 2.63 bits per heavy atom. The van der Waals surface area contributed by atoms with Crippen molar-refractivity contribution in [2.75, 3.05) is 40.3 Å². The van der Waals surface area contributed by atoms with Gasteiger partial charge >= 0.3 is 0 Å². The van der Waals surface area contributed by atoms with Crippen LogP contribution in [0.2, 0.25) is 0 Å². The zero-order valence-electron chi connectivity index (χ0n) is 12.1. The van der Waals surface area contributed by atoms with Gasteiger partial charge in [-0.2, -0.15) is 0 Å². The van der Waals surface area contributed by atoms with Gasteiger partial charge in [0.25, 0.3) is 0 Å². The second-order valence-electron chi connectivity index (χ2n) is 5.62. The predicted octanol–water partition coefficient (Wildman–Crippen LogP) is 1.29. The van der Waals surface area contributed by atoms with Crippen LogP contribution in [-0.2, 0) is 0 Å². The zero-order chi connectivity index (χ0) is 13.8. The summed E-state index contributed by atoms with van der Waals surface area (Å²) in [5, 5.41) is 12.9. The standard InChI is InChI=1S/C15H25N3O/c1-12(13-4-6-15(19)7-5-13)16-10-14-11-17(2)8-9-18(14)3/h4-7,12,14,16,19H,8-11H2,1-3H3. The summed E-state index contributed by atoms with van der Waals surface area (Å²) in [7, 11) is 4.38. The first-order valence-corrected chi connectivity index (χ1v) is 6.97. The van der Waals surface area contributed by atoms with E-state index in [0.717, 1.165) is 26.2 Å². The second-order valence-corrected chi connectivity index (χ2v) is 5.62. The molecule has 0 aromatic heterocycles. The van der Waals surface area contributed by atoms with Crippen LogP contribution in [0, 0.1) is 0 Å². The third-order valence-electron chi connectivity index (χ3n) is 4.03. The molecule has 2 unspecified atom stereocenters. The van der Waals surface area contributed by atoms with Crippen LogP contribution in [0.15, 0.2) is 24.3 Å². The number of likely N-dealkylation sites (N-methyl/N-ethyl adjacent to an activating group) is 2. The molecule has 0 spiro atoms. The highest BCUT2D eigenvalue weighted by atomic mass is 16.3. The largest absolute Gasteiger partial charge is 0.508 e. The van der Waals surface area contributed by atoms with Gasteiger partial charge in [-0.25, -0.2) is 0 Å². The van der Waals surface area contributed by atoms with Crippen LogP contribution in [0.25, 0.3) is 0 Å². The Morgan fingerprint density at radius 2 is 1.95 bits per heavy atom. The molecule has 1 aliphatic heterocycles. The number of nitrogens with zero attached hydrogens (tertiary/aromatic N) is 2. The van der Waals surface area contributed by atoms with Gasteiger partial charge in [0.15, 0.2) is 0 Å². The van der Waals surface area contributed by atoms with Gasteiger partial charge in [0.05, 0.1) is 0 Å². The quantitative estimate of drug-likeness (QED) is 0.858. The van der Waals surface area contributed by atoms with E-state index in [1.54, 1.807) is 12.1 Å². The molecular weight excluding hydrogens is 238 g/mol. The van der Waals surface area contributed by atoms with Crippen molar-refractivity contribution in [3.05, 3.63) is 29.8 Å². The van der Waals surface area contributed by atoms with Gasteiger partial charge in [0, 0.05) is 38.3 Å². The fourth-order valence-electron chi connectivity index (χ4n) is 2.52. The lowest BCUT2D eigenvalue weighted by Gasteiger charge is -2.38. The van der Waals surface area contributed by atoms with Gasteiger partial charge in [0.2, 0.25) is 0 Å². The Morgan fingerprint density at radius 1 is 1.26 bits per heavy atom. The van der Waals surface area contributed by atoms with Gasteiger partial charge in [-0.3, -0.25) is 4.90 Å². The summed E-state index contributed by atoms with van der Waals surface area (Å²) in [6.45, 7) is 6.56. The molecule has 1 aromatic rings. The van der Waals surface area contributed by atoms with Crippen LogP contribution < -0.4 is 5.32 Å². The lowest BCUT2D eigenvalue weighted by atomic mass is 10.1. The summed E-state index contributed by atoms with van der Waals surface area (Å²) < 4.78 is 0. The molecule has 19 heavy (non-hydrogen) atoms. The van der Waals surface area contributed by atoms with E-state index >= 15 is 0 Å². The topological polar surface area (TPSA) is 38.7 Å². The van der Waals surface area contributed by atoms with E-state index in [0.29, 0.717) is 17.8 Å². The predicted molar refractivity (Wildman–Crippen MR) is 78.4 cm³/mol. The summed E-state index contributed by atoms with van der Waals surface area (Å²) in [5.41, 5.74) is 1.21. The highest BCUT2D eigenvalue weighted by Gasteiger charge is 2.22. The van der Waals surface area contributed by atoms with E-state index in [1.807, 2.05) is 12.1 Å². The Bertz CT molecular complexity index is 393. The first-order valence-electron chi connectivity index (χ1n) is 6.97. The Balaban J connectivity index is 1.85. The number of aromatic hydroxyl groups is 1. The monoisotopic (exact) mass is 263 g/mol. The average molecular weight is 263 g/mol. The van der Waals surface area contributed by atoms with Crippen LogP contribution in [0.1, 0.15) is 18.5 Å². The minimum Gasteiger partial charge on any atom is -0.508 e. The van der Waals surface area contributed by atoms with Crippen molar-refractivity contribution in [1.82, 2.24) is 15.1 Å². The van der Waals surface area contributed by atoms with Gasteiger partial charge in [0.1, 0.15) is 5.75 Å². The molecule has 1 heterocycles. The highest BCUT2D eigenvalue weighted by Crippen LogP contribution is 2.16. The number of phenols is 1. The van der Waals surface area contributed by atoms with Crippen LogP contribution in [0.3, 0.4) is 0 Å². The SMILES string of the molecule is CC(NCC1CN(C)CCN1C)c1ccc(O)cc1. The summed E-state index contributed by atoms with van der Waals surface area (Å²) >= 11 is 0. The summed E-state index contributed by atoms with van der Waals surface area (Å²) in [6, 6.07) is 8.31. The van der Waals surface area contributed by atoms with Gasteiger partial charge < -0.3 is 15.3 Å². The van der Waals surface area contributed by atoms with Crippen LogP contribution in [-0.4, -0.2) is 61.2 Å². The average Bonchev–Trinajstić information content (AvgIpc) is 2.40. The van der Waals surface area contributed by atoms with Crippen molar-refractivity contribution < 1.29 is 5.11 Å². The number of benzene rings is 1. The fraction of sp³-hybridized carbons (Fsp3) is 0.600. The zero-order valence-corrected chi connectivity index (χ0v) is 12.1. The summed E-state index contributed by atoms with van der Waals surface area (Å²) in [4.78, 5) is 4.81. The molecule has 1 fully saturated rings. The third-order valence-corrected chi connectivity index (χ3v) is 4.03. The van der Waals surface area contributed by atoms with Crippen LogP contribution >= 0.6 is 0 Å². The molecule has 0 saturated carbocycles. The van der Waals surface area contributed by atoms with Crippen LogP contribution in [0.4, 0.5) is 0 Å². The summed E-state index contributed by atoms with van der Waals surface area (Å²) in [5.74, 6) is 0.324. The molecule has 0 bridgehead atoms. The maximum Gasteiger partial charge on any atom is 0.115 e. The molecule has 4 nitrogen and oxygen atoms in total. The van der Waals surface area contributed by atoms with E-state index in [2.05, 4.69) is 36.1 Å². The number of hydrogen-bond donors (Lipinski definition) is 2. The lowest BCUT2D eigenvalue weighted by molar-refractivity contribution is 0.112. The fourth-order valence-corrected chi connectivity index (χ4v) is 2.52. The molecular formula is C15H25N3O. The molecule has 1 saturated heterocycles. The maximum atomic E-state index is 9.30. The minimum absolute atomic E-state index is 0.307. The Kier molecular flexibility index (Phi) is 4.80. The molecule has 2 N–H and O–H groups in total. The maximum absolute atomic E-state index is 9.30. The first kappa shape index (κ1) is 14.3. The van der Waals surface area contributed by atoms with E-state index in [9.17, 15) is 5.11 Å². The lowest BCUT2D eigenvalue weighted by Crippen LogP contribution is -2.53. The van der Waals surface area contributed by atoms with Crippen molar-refractivity contribution in [3.8, 4) is 5.75 Å². The number of nitrogens with one attached hydrogen (secondary N) is 1. The smallest absolute Gasteiger partial charge is 0.115 e. The molecule has 2 rings (SSSR count). The normalized spacial score (nSPS) is 23.4. The van der Waals surface area contributed by atoms with Crippen molar-refractivity contribution in [2.45, 2.75) is 19.0 Å². The van der Waals surface area contributed by atoms with Gasteiger partial charge in [-0.15, -0.1) is 0 Å². The van der Waals surface area contributed by atoms with Gasteiger partial charge in [-0.05, 0) is 38.7 Å². The number of hydrogen-bond acceptors (Lipinski definition) is 4. The van der Waals surface area contributed by atoms with Crippen molar-refractivity contribution in [2.24, 2.45) is 0 Å². The van der Waals surface area contributed by atoms with Gasteiger partial charge in [-0.1, -0.05) is 12.1 Å². The molecule has 106 valence electrons.